The number of likely N-dealkylation sites (tertiary alicyclic amines) is 1. The Labute approximate surface area is 132 Å². The molecular formula is C16H23ClN2O2. The van der Waals surface area contributed by atoms with Gasteiger partial charge in [0.05, 0.1) is 0 Å². The number of ether oxygens (including phenoxy) is 2. The number of hydrogen-bond acceptors (Lipinski definition) is 4. The molecule has 0 aromatic heterocycles. The summed E-state index contributed by atoms with van der Waals surface area (Å²) in [6, 6.07) is 6.74. The van der Waals surface area contributed by atoms with Gasteiger partial charge in [0.1, 0.15) is 13.2 Å². The van der Waals surface area contributed by atoms with E-state index in [4.69, 9.17) is 15.2 Å². The van der Waals surface area contributed by atoms with Crippen molar-refractivity contribution in [3.63, 3.8) is 0 Å². The Bertz CT molecular complexity index is 511. The maximum atomic E-state index is 6.20. The second kappa shape index (κ2) is 6.03. The van der Waals surface area contributed by atoms with E-state index in [1.165, 1.54) is 24.9 Å². The first-order valence-electron chi connectivity index (χ1n) is 7.66. The minimum atomic E-state index is 0. The zero-order valence-electron chi connectivity index (χ0n) is 12.2. The number of benzene rings is 1. The van der Waals surface area contributed by atoms with Crippen LogP contribution in [0.2, 0.25) is 0 Å². The number of hydrogen-bond donors (Lipinski definition) is 1. The van der Waals surface area contributed by atoms with Gasteiger partial charge in [-0.05, 0) is 42.4 Å². The number of nitrogens with two attached hydrogens (primary N) is 1. The summed E-state index contributed by atoms with van der Waals surface area (Å²) in [7, 11) is 0. The molecule has 0 bridgehead atoms. The van der Waals surface area contributed by atoms with Gasteiger partial charge >= 0.3 is 0 Å². The molecular weight excluding hydrogens is 288 g/mol. The van der Waals surface area contributed by atoms with E-state index < -0.39 is 0 Å². The molecule has 2 heterocycles. The molecule has 1 saturated heterocycles. The lowest BCUT2D eigenvalue weighted by Gasteiger charge is -2.21. The first kappa shape index (κ1) is 14.9. The Morgan fingerprint density at radius 3 is 2.71 bits per heavy atom. The third-order valence-electron chi connectivity index (χ3n) is 5.00. The van der Waals surface area contributed by atoms with Gasteiger partial charge in [0.2, 0.25) is 0 Å². The van der Waals surface area contributed by atoms with E-state index >= 15 is 0 Å². The van der Waals surface area contributed by atoms with Crippen LogP contribution in [0.25, 0.3) is 0 Å². The number of nitrogens with zero attached hydrogens (tertiary/aromatic N) is 1. The summed E-state index contributed by atoms with van der Waals surface area (Å²) in [5, 5.41) is 0. The molecule has 116 valence electrons. The number of rotatable bonds is 2. The van der Waals surface area contributed by atoms with Gasteiger partial charge in [-0.25, -0.2) is 0 Å². The zero-order valence-corrected chi connectivity index (χ0v) is 13.0. The van der Waals surface area contributed by atoms with Crippen molar-refractivity contribution >= 4 is 12.4 Å². The molecule has 4 rings (SSSR count). The smallest absolute Gasteiger partial charge is 0.161 e. The highest BCUT2D eigenvalue weighted by Gasteiger charge is 2.40. The van der Waals surface area contributed by atoms with Gasteiger partial charge in [-0.3, -0.25) is 4.90 Å². The van der Waals surface area contributed by atoms with E-state index in [9.17, 15) is 0 Å². The van der Waals surface area contributed by atoms with Gasteiger partial charge in [0.15, 0.2) is 11.5 Å². The third kappa shape index (κ3) is 2.85. The Balaban J connectivity index is 0.00000132. The molecule has 1 aromatic carbocycles. The average molecular weight is 311 g/mol. The Morgan fingerprint density at radius 1 is 1.10 bits per heavy atom. The van der Waals surface area contributed by atoms with Gasteiger partial charge in [0.25, 0.3) is 0 Å². The van der Waals surface area contributed by atoms with Crippen LogP contribution >= 0.6 is 12.4 Å². The van der Waals surface area contributed by atoms with Gasteiger partial charge < -0.3 is 15.2 Å². The van der Waals surface area contributed by atoms with E-state index in [0.29, 0.717) is 25.2 Å². The second-order valence-electron chi connectivity index (χ2n) is 6.34. The lowest BCUT2D eigenvalue weighted by atomic mass is 9.98. The lowest BCUT2D eigenvalue weighted by Crippen LogP contribution is -2.30. The molecule has 3 atom stereocenters. The first-order chi connectivity index (χ1) is 9.79. The molecule has 5 heteroatoms. The van der Waals surface area contributed by atoms with Crippen LogP contribution in [0.3, 0.4) is 0 Å². The summed E-state index contributed by atoms with van der Waals surface area (Å²) in [4.78, 5) is 2.54. The fourth-order valence-corrected chi connectivity index (χ4v) is 3.97. The van der Waals surface area contributed by atoms with Crippen LogP contribution in [0.15, 0.2) is 18.2 Å². The molecule has 2 fully saturated rings. The van der Waals surface area contributed by atoms with Gasteiger partial charge in [0, 0.05) is 25.7 Å². The van der Waals surface area contributed by atoms with Crippen molar-refractivity contribution in [1.29, 1.82) is 0 Å². The van der Waals surface area contributed by atoms with Crippen LogP contribution in [0.5, 0.6) is 11.5 Å². The fraction of sp³-hybridized carbons (Fsp3) is 0.625. The Morgan fingerprint density at radius 2 is 1.90 bits per heavy atom. The molecule has 1 aliphatic carbocycles. The monoisotopic (exact) mass is 310 g/mol. The van der Waals surface area contributed by atoms with Crippen LogP contribution in [-0.4, -0.2) is 37.2 Å². The van der Waals surface area contributed by atoms with Crippen molar-refractivity contribution in [2.24, 2.45) is 17.6 Å². The van der Waals surface area contributed by atoms with E-state index in [2.05, 4.69) is 17.0 Å². The fourth-order valence-electron chi connectivity index (χ4n) is 3.97. The van der Waals surface area contributed by atoms with Crippen molar-refractivity contribution < 1.29 is 9.47 Å². The molecule has 1 saturated carbocycles. The van der Waals surface area contributed by atoms with Crippen LogP contribution in [-0.2, 0) is 6.54 Å². The summed E-state index contributed by atoms with van der Waals surface area (Å²) >= 11 is 0. The molecule has 3 unspecified atom stereocenters. The summed E-state index contributed by atoms with van der Waals surface area (Å²) in [6.07, 6.45) is 2.52. The van der Waals surface area contributed by atoms with Gasteiger partial charge in [-0.2, -0.15) is 0 Å². The number of fused-ring (bicyclic) bond motifs is 2. The maximum absolute atomic E-state index is 6.20. The van der Waals surface area contributed by atoms with Crippen molar-refractivity contribution in [2.45, 2.75) is 25.4 Å². The molecule has 4 nitrogen and oxygen atoms in total. The van der Waals surface area contributed by atoms with E-state index in [-0.39, 0.29) is 12.4 Å². The molecule has 2 aliphatic heterocycles. The minimum Gasteiger partial charge on any atom is -0.486 e. The third-order valence-corrected chi connectivity index (χ3v) is 5.00. The molecule has 1 aromatic rings. The summed E-state index contributed by atoms with van der Waals surface area (Å²) in [5.74, 6) is 3.31. The van der Waals surface area contributed by atoms with Crippen molar-refractivity contribution in [2.75, 3.05) is 26.3 Å². The highest BCUT2D eigenvalue weighted by atomic mass is 35.5. The molecule has 2 N–H and O–H groups in total. The SMILES string of the molecule is Cl.NC1CCC2CN(Cc3ccc4c(c3)OCCO4)CC12. The highest BCUT2D eigenvalue weighted by molar-refractivity contribution is 5.85. The van der Waals surface area contributed by atoms with Crippen LogP contribution < -0.4 is 15.2 Å². The predicted molar refractivity (Wildman–Crippen MR) is 84.1 cm³/mol. The minimum absolute atomic E-state index is 0. The van der Waals surface area contributed by atoms with E-state index in [0.717, 1.165) is 30.5 Å². The summed E-state index contributed by atoms with van der Waals surface area (Å²) in [5.41, 5.74) is 7.51. The van der Waals surface area contributed by atoms with Crippen molar-refractivity contribution in [3.8, 4) is 11.5 Å². The topological polar surface area (TPSA) is 47.7 Å². The van der Waals surface area contributed by atoms with Crippen molar-refractivity contribution in [1.82, 2.24) is 4.90 Å². The zero-order chi connectivity index (χ0) is 13.5. The van der Waals surface area contributed by atoms with Crippen LogP contribution in [0.1, 0.15) is 18.4 Å². The van der Waals surface area contributed by atoms with Crippen LogP contribution in [0.4, 0.5) is 0 Å². The highest BCUT2D eigenvalue weighted by Crippen LogP contribution is 2.38. The standard InChI is InChI=1S/C16H22N2O2.ClH/c17-14-3-2-12-9-18(10-13(12)14)8-11-1-4-15-16(7-11)20-6-5-19-15;/h1,4,7,12-14H,2-3,5-6,8-10,17H2;1H. The van der Waals surface area contributed by atoms with Crippen molar-refractivity contribution in [3.05, 3.63) is 23.8 Å². The largest absolute Gasteiger partial charge is 0.486 e. The Kier molecular flexibility index (Phi) is 4.29. The van der Waals surface area contributed by atoms with Gasteiger partial charge in [-0.15, -0.1) is 12.4 Å². The van der Waals surface area contributed by atoms with Gasteiger partial charge in [-0.1, -0.05) is 6.07 Å². The lowest BCUT2D eigenvalue weighted by molar-refractivity contribution is 0.171. The average Bonchev–Trinajstić information content (AvgIpc) is 3.01. The molecule has 0 radical (unpaired) electrons. The van der Waals surface area contributed by atoms with Crippen LogP contribution in [0, 0.1) is 11.8 Å². The Hall–Kier alpha value is -0.970. The summed E-state index contributed by atoms with van der Waals surface area (Å²) < 4.78 is 11.2. The molecule has 3 aliphatic rings. The summed E-state index contributed by atoms with van der Waals surface area (Å²) in [6.45, 7) is 4.66. The first-order valence-corrected chi connectivity index (χ1v) is 7.66. The molecule has 0 spiro atoms. The molecule has 21 heavy (non-hydrogen) atoms. The molecule has 0 amide bonds. The predicted octanol–water partition coefficient (Wildman–Crippen LogP) is 2.05. The normalized spacial score (nSPS) is 30.8. The maximum Gasteiger partial charge on any atom is 0.161 e. The number of halogens is 1. The second-order valence-corrected chi connectivity index (χ2v) is 6.34. The van der Waals surface area contributed by atoms with E-state index in [1.54, 1.807) is 0 Å². The quantitative estimate of drug-likeness (QED) is 0.908. The van der Waals surface area contributed by atoms with E-state index in [1.807, 2.05) is 6.07 Å².